The van der Waals surface area contributed by atoms with Crippen LogP contribution in [0.4, 0.5) is 0 Å². The molecule has 0 unspecified atom stereocenters. The SMILES string of the molecule is C/C(Cl)=N\C(C)=C(\N)C(N)=O. The highest BCUT2D eigenvalue weighted by Crippen LogP contribution is 2.00. The zero-order chi connectivity index (χ0) is 9.02. The van der Waals surface area contributed by atoms with Gasteiger partial charge in [-0.15, -0.1) is 0 Å². The van der Waals surface area contributed by atoms with E-state index in [-0.39, 0.29) is 5.70 Å². The van der Waals surface area contributed by atoms with Gasteiger partial charge in [-0.1, -0.05) is 11.6 Å². The summed E-state index contributed by atoms with van der Waals surface area (Å²) in [5.74, 6) is -0.691. The second kappa shape index (κ2) is 3.98. The van der Waals surface area contributed by atoms with E-state index < -0.39 is 5.91 Å². The van der Waals surface area contributed by atoms with Crippen LogP contribution in [0.1, 0.15) is 13.8 Å². The molecule has 0 aromatic heterocycles. The number of hydrogen-bond donors (Lipinski definition) is 2. The lowest BCUT2D eigenvalue weighted by atomic mass is 10.3. The quantitative estimate of drug-likeness (QED) is 0.468. The average Bonchev–Trinajstić information content (AvgIpc) is 1.84. The van der Waals surface area contributed by atoms with Gasteiger partial charge in [-0.25, -0.2) is 4.99 Å². The van der Waals surface area contributed by atoms with E-state index in [0.29, 0.717) is 10.9 Å². The summed E-state index contributed by atoms with van der Waals surface area (Å²) >= 11 is 5.43. The number of rotatable bonds is 2. The summed E-state index contributed by atoms with van der Waals surface area (Å²) in [6, 6.07) is 0. The van der Waals surface area contributed by atoms with Crippen molar-refractivity contribution in [2.75, 3.05) is 0 Å². The zero-order valence-electron chi connectivity index (χ0n) is 6.39. The van der Waals surface area contributed by atoms with Gasteiger partial charge in [0.05, 0.1) is 5.70 Å². The molecule has 0 aliphatic carbocycles. The predicted octanol–water partition coefficient (Wildman–Crippen LogP) is 0.319. The molecular weight excluding hydrogens is 166 g/mol. The van der Waals surface area contributed by atoms with Crippen LogP contribution in [0.15, 0.2) is 16.4 Å². The Balaban J connectivity index is 4.68. The third kappa shape index (κ3) is 3.62. The number of carbonyl (C=O) groups is 1. The molecule has 0 saturated carbocycles. The monoisotopic (exact) mass is 175 g/mol. The molecule has 0 atom stereocenters. The van der Waals surface area contributed by atoms with Crippen molar-refractivity contribution in [3.8, 4) is 0 Å². The molecule has 0 aliphatic rings. The Labute approximate surface area is 69.9 Å². The van der Waals surface area contributed by atoms with Crippen molar-refractivity contribution in [2.24, 2.45) is 16.5 Å². The Bertz CT molecular complexity index is 228. The van der Waals surface area contributed by atoms with Crippen LogP contribution in [0.2, 0.25) is 0 Å². The number of halogens is 1. The van der Waals surface area contributed by atoms with Crippen LogP contribution in [0, 0.1) is 0 Å². The van der Waals surface area contributed by atoms with Crippen molar-refractivity contribution in [3.63, 3.8) is 0 Å². The molecule has 0 rings (SSSR count). The van der Waals surface area contributed by atoms with Crippen LogP contribution in [0.3, 0.4) is 0 Å². The minimum Gasteiger partial charge on any atom is -0.393 e. The highest BCUT2D eigenvalue weighted by Gasteiger charge is 2.02. The second-order valence-electron chi connectivity index (χ2n) is 1.97. The van der Waals surface area contributed by atoms with Gasteiger partial charge in [0, 0.05) is 0 Å². The smallest absolute Gasteiger partial charge is 0.266 e. The van der Waals surface area contributed by atoms with E-state index >= 15 is 0 Å². The topological polar surface area (TPSA) is 81.5 Å². The minimum atomic E-state index is -0.691. The maximum absolute atomic E-state index is 10.4. The van der Waals surface area contributed by atoms with Crippen molar-refractivity contribution in [3.05, 3.63) is 11.4 Å². The van der Waals surface area contributed by atoms with E-state index in [1.54, 1.807) is 13.8 Å². The predicted molar refractivity (Wildman–Crippen MR) is 45.0 cm³/mol. The fourth-order valence-corrected chi connectivity index (χ4v) is 0.596. The first-order valence-electron chi connectivity index (χ1n) is 2.92. The number of primary amides is 1. The number of aliphatic imine (C=N–C) groups is 1. The fraction of sp³-hybridized carbons (Fsp3) is 0.333. The summed E-state index contributed by atoms with van der Waals surface area (Å²) in [6.45, 7) is 3.14. The number of hydrogen-bond acceptors (Lipinski definition) is 3. The van der Waals surface area contributed by atoms with Gasteiger partial charge in [-0.2, -0.15) is 0 Å². The molecule has 4 nitrogen and oxygen atoms in total. The number of nitrogens with two attached hydrogens (primary N) is 2. The van der Waals surface area contributed by atoms with Gasteiger partial charge in [0.1, 0.15) is 10.9 Å². The Morgan fingerprint density at radius 1 is 1.36 bits per heavy atom. The number of nitrogens with zero attached hydrogens (tertiary/aromatic N) is 1. The van der Waals surface area contributed by atoms with Crippen molar-refractivity contribution >= 4 is 22.7 Å². The van der Waals surface area contributed by atoms with Gasteiger partial charge in [-0.05, 0) is 13.8 Å². The van der Waals surface area contributed by atoms with Gasteiger partial charge in [0.2, 0.25) is 0 Å². The molecule has 0 spiro atoms. The molecule has 5 heteroatoms. The molecule has 11 heavy (non-hydrogen) atoms. The largest absolute Gasteiger partial charge is 0.393 e. The summed E-state index contributed by atoms with van der Waals surface area (Å²) in [7, 11) is 0. The third-order valence-electron chi connectivity index (χ3n) is 0.977. The number of allylic oxidation sites excluding steroid dienone is 1. The van der Waals surface area contributed by atoms with Gasteiger partial charge in [-0.3, -0.25) is 4.79 Å². The van der Waals surface area contributed by atoms with Crippen LogP contribution >= 0.6 is 11.6 Å². The Kier molecular flexibility index (Phi) is 3.60. The molecule has 0 radical (unpaired) electrons. The molecule has 0 aromatic rings. The summed E-state index contributed by atoms with van der Waals surface area (Å²) < 4.78 is 0. The van der Waals surface area contributed by atoms with Gasteiger partial charge in [0.25, 0.3) is 5.91 Å². The van der Waals surface area contributed by atoms with E-state index in [4.69, 9.17) is 23.1 Å². The van der Waals surface area contributed by atoms with Crippen molar-refractivity contribution < 1.29 is 4.79 Å². The van der Waals surface area contributed by atoms with Crippen molar-refractivity contribution in [1.29, 1.82) is 0 Å². The van der Waals surface area contributed by atoms with Crippen LogP contribution in [-0.4, -0.2) is 11.1 Å². The summed E-state index contributed by atoms with van der Waals surface area (Å²) in [6.07, 6.45) is 0. The standard InChI is InChI=1S/C6H10ClN3O/c1-3(10-4(2)7)5(8)6(9)11/h8H2,1-2H3,(H2,9,11)/b5-3+,10-4+. The van der Waals surface area contributed by atoms with E-state index in [1.807, 2.05) is 0 Å². The fourth-order valence-electron chi connectivity index (χ4n) is 0.470. The van der Waals surface area contributed by atoms with E-state index in [1.165, 1.54) is 0 Å². The Hall–Kier alpha value is -1.03. The van der Waals surface area contributed by atoms with Crippen LogP contribution in [0.5, 0.6) is 0 Å². The second-order valence-corrected chi connectivity index (χ2v) is 2.52. The molecule has 0 fully saturated rings. The van der Waals surface area contributed by atoms with Crippen molar-refractivity contribution in [1.82, 2.24) is 0 Å². The minimum absolute atomic E-state index is 0.0648. The summed E-state index contributed by atoms with van der Waals surface area (Å²) in [4.78, 5) is 14.2. The first-order valence-corrected chi connectivity index (χ1v) is 3.30. The Morgan fingerprint density at radius 2 is 1.82 bits per heavy atom. The third-order valence-corrected chi connectivity index (χ3v) is 1.06. The zero-order valence-corrected chi connectivity index (χ0v) is 7.14. The molecule has 0 aromatic carbocycles. The number of carbonyl (C=O) groups excluding carboxylic acids is 1. The first-order chi connectivity index (χ1) is 4.95. The first kappa shape index (κ1) is 9.97. The molecule has 4 N–H and O–H groups in total. The molecular formula is C6H10ClN3O. The molecule has 0 heterocycles. The lowest BCUT2D eigenvalue weighted by molar-refractivity contribution is -0.114. The van der Waals surface area contributed by atoms with Gasteiger partial charge in [0.15, 0.2) is 0 Å². The van der Waals surface area contributed by atoms with E-state index in [0.717, 1.165) is 0 Å². The molecule has 62 valence electrons. The summed E-state index contributed by atoms with van der Waals surface area (Å²) in [5, 5.41) is 0.312. The number of amides is 1. The van der Waals surface area contributed by atoms with Crippen molar-refractivity contribution in [2.45, 2.75) is 13.8 Å². The molecule has 0 saturated heterocycles. The average molecular weight is 176 g/mol. The van der Waals surface area contributed by atoms with Gasteiger partial charge < -0.3 is 11.5 Å². The van der Waals surface area contributed by atoms with E-state index in [9.17, 15) is 4.79 Å². The van der Waals surface area contributed by atoms with E-state index in [2.05, 4.69) is 4.99 Å². The van der Waals surface area contributed by atoms with Crippen LogP contribution in [0.25, 0.3) is 0 Å². The van der Waals surface area contributed by atoms with Crippen LogP contribution in [-0.2, 0) is 4.79 Å². The normalized spacial score (nSPS) is 14.3. The summed E-state index contributed by atoms with van der Waals surface area (Å²) in [5.41, 5.74) is 10.4. The Morgan fingerprint density at radius 3 is 2.09 bits per heavy atom. The maximum atomic E-state index is 10.4. The lowest BCUT2D eigenvalue weighted by Crippen LogP contribution is -2.21. The molecule has 0 bridgehead atoms. The van der Waals surface area contributed by atoms with Crippen LogP contribution < -0.4 is 11.5 Å². The molecule has 1 amide bonds. The lowest BCUT2D eigenvalue weighted by Gasteiger charge is -1.97. The maximum Gasteiger partial charge on any atom is 0.266 e. The highest BCUT2D eigenvalue weighted by atomic mass is 35.5. The van der Waals surface area contributed by atoms with Gasteiger partial charge >= 0.3 is 0 Å². The molecule has 0 aliphatic heterocycles. The highest BCUT2D eigenvalue weighted by molar-refractivity contribution is 6.64.